The van der Waals surface area contributed by atoms with Crippen molar-refractivity contribution in [1.29, 1.82) is 0 Å². The molecule has 0 saturated carbocycles. The first-order valence-corrected chi connectivity index (χ1v) is 7.60. The van der Waals surface area contributed by atoms with Crippen LogP contribution in [0.25, 0.3) is 0 Å². The second kappa shape index (κ2) is 7.80. The average Bonchev–Trinajstić information content (AvgIpc) is 2.79. The topological polar surface area (TPSA) is 42.4 Å². The molecule has 1 atom stereocenters. The van der Waals surface area contributed by atoms with Crippen LogP contribution in [0.15, 0.2) is 16.5 Å². The summed E-state index contributed by atoms with van der Waals surface area (Å²) in [5.74, 6) is 3.23. The highest BCUT2D eigenvalue weighted by molar-refractivity contribution is 7.98. The van der Waals surface area contributed by atoms with Gasteiger partial charge in [0.05, 0.1) is 6.04 Å². The highest BCUT2D eigenvalue weighted by Gasteiger charge is 2.18. The fourth-order valence-electron chi connectivity index (χ4n) is 1.89. The number of furan rings is 1. The van der Waals surface area contributed by atoms with Crippen LogP contribution in [-0.4, -0.2) is 37.0 Å². The molecule has 98 valence electrons. The molecule has 0 amide bonds. The summed E-state index contributed by atoms with van der Waals surface area (Å²) < 4.78 is 5.79. The number of hydrogen-bond donors (Lipinski definition) is 1. The molecule has 0 aliphatic rings. The van der Waals surface area contributed by atoms with E-state index >= 15 is 0 Å². The summed E-state index contributed by atoms with van der Waals surface area (Å²) in [5, 5.41) is 0. The van der Waals surface area contributed by atoms with Crippen LogP contribution in [0, 0.1) is 0 Å². The predicted octanol–water partition coefficient (Wildman–Crippen LogP) is 2.53. The Labute approximate surface area is 109 Å². The summed E-state index contributed by atoms with van der Waals surface area (Å²) in [6.07, 6.45) is 4.27. The van der Waals surface area contributed by atoms with E-state index in [0.717, 1.165) is 24.5 Å². The second-order valence-corrected chi connectivity index (χ2v) is 5.22. The molecular formula is C13H24N2OS. The molecule has 0 fully saturated rings. The average molecular weight is 256 g/mol. The van der Waals surface area contributed by atoms with Crippen LogP contribution in [-0.2, 0) is 6.42 Å². The van der Waals surface area contributed by atoms with Crippen LogP contribution in [0.4, 0.5) is 0 Å². The van der Waals surface area contributed by atoms with Gasteiger partial charge in [0.1, 0.15) is 11.5 Å². The van der Waals surface area contributed by atoms with E-state index in [1.54, 1.807) is 0 Å². The molecule has 0 saturated heterocycles. The molecular weight excluding hydrogens is 232 g/mol. The lowest BCUT2D eigenvalue weighted by molar-refractivity contribution is 0.219. The lowest BCUT2D eigenvalue weighted by atomic mass is 10.2. The van der Waals surface area contributed by atoms with E-state index < -0.39 is 0 Å². The highest BCUT2D eigenvalue weighted by atomic mass is 32.2. The summed E-state index contributed by atoms with van der Waals surface area (Å²) >= 11 is 1.89. The van der Waals surface area contributed by atoms with Crippen LogP contribution in [0.5, 0.6) is 0 Å². The van der Waals surface area contributed by atoms with Crippen molar-refractivity contribution in [3.05, 3.63) is 23.7 Å². The van der Waals surface area contributed by atoms with Gasteiger partial charge < -0.3 is 10.2 Å². The number of thioether (sulfide) groups is 1. The van der Waals surface area contributed by atoms with Gasteiger partial charge in [-0.2, -0.15) is 11.8 Å². The van der Waals surface area contributed by atoms with E-state index in [-0.39, 0.29) is 6.04 Å². The fourth-order valence-corrected chi connectivity index (χ4v) is 2.31. The van der Waals surface area contributed by atoms with E-state index in [4.69, 9.17) is 10.2 Å². The maximum Gasteiger partial charge on any atom is 0.122 e. The molecule has 0 radical (unpaired) electrons. The summed E-state index contributed by atoms with van der Waals surface area (Å²) in [6.45, 7) is 3.76. The Bertz CT molecular complexity index is 314. The molecule has 3 nitrogen and oxygen atoms in total. The van der Waals surface area contributed by atoms with Gasteiger partial charge in [0.15, 0.2) is 0 Å². The number of nitrogens with zero attached hydrogens (tertiary/aromatic N) is 1. The van der Waals surface area contributed by atoms with Crippen molar-refractivity contribution < 1.29 is 4.42 Å². The van der Waals surface area contributed by atoms with Gasteiger partial charge in [0, 0.05) is 13.0 Å². The molecule has 4 heteroatoms. The van der Waals surface area contributed by atoms with Gasteiger partial charge >= 0.3 is 0 Å². The Morgan fingerprint density at radius 2 is 2.24 bits per heavy atom. The molecule has 0 bridgehead atoms. The standard InChI is InChI=1S/C13H24N2OS/c1-4-11-6-7-13(16-11)12(10-14)15(2)8-5-9-17-3/h6-7,12H,4-5,8-10,14H2,1-3H3. The monoisotopic (exact) mass is 256 g/mol. The zero-order chi connectivity index (χ0) is 12.7. The Balaban J connectivity index is 2.56. The molecule has 17 heavy (non-hydrogen) atoms. The van der Waals surface area contributed by atoms with Crippen molar-refractivity contribution in [2.24, 2.45) is 5.73 Å². The highest BCUT2D eigenvalue weighted by Crippen LogP contribution is 2.21. The summed E-state index contributed by atoms with van der Waals surface area (Å²) in [7, 11) is 2.12. The quantitative estimate of drug-likeness (QED) is 0.726. The lowest BCUT2D eigenvalue weighted by Gasteiger charge is -2.25. The molecule has 1 aromatic heterocycles. The number of hydrogen-bond acceptors (Lipinski definition) is 4. The Hall–Kier alpha value is -0.450. The van der Waals surface area contributed by atoms with Crippen LogP contribution < -0.4 is 5.73 Å². The fraction of sp³-hybridized carbons (Fsp3) is 0.692. The van der Waals surface area contributed by atoms with Crippen LogP contribution in [0.1, 0.15) is 30.9 Å². The van der Waals surface area contributed by atoms with Gasteiger partial charge in [0.2, 0.25) is 0 Å². The number of likely N-dealkylation sites (N-methyl/N-ethyl adjacent to an activating group) is 1. The Morgan fingerprint density at radius 1 is 1.47 bits per heavy atom. The van der Waals surface area contributed by atoms with Gasteiger partial charge in [0.25, 0.3) is 0 Å². The summed E-state index contributed by atoms with van der Waals surface area (Å²) in [5.41, 5.74) is 5.85. The molecule has 1 aromatic rings. The zero-order valence-corrected chi connectivity index (χ0v) is 11.9. The van der Waals surface area contributed by atoms with Crippen LogP contribution >= 0.6 is 11.8 Å². The maximum absolute atomic E-state index is 5.85. The maximum atomic E-state index is 5.85. The first-order valence-electron chi connectivity index (χ1n) is 6.20. The summed E-state index contributed by atoms with van der Waals surface area (Å²) in [6, 6.07) is 4.31. The molecule has 0 spiro atoms. The van der Waals surface area contributed by atoms with Crippen molar-refractivity contribution in [3.8, 4) is 0 Å². The molecule has 2 N–H and O–H groups in total. The zero-order valence-electron chi connectivity index (χ0n) is 11.1. The number of rotatable bonds is 8. The third-order valence-electron chi connectivity index (χ3n) is 2.97. The van der Waals surface area contributed by atoms with Gasteiger partial charge in [-0.25, -0.2) is 0 Å². The van der Waals surface area contributed by atoms with Crippen LogP contribution in [0.2, 0.25) is 0 Å². The summed E-state index contributed by atoms with van der Waals surface area (Å²) in [4.78, 5) is 2.29. The van der Waals surface area contributed by atoms with Gasteiger partial charge in [-0.3, -0.25) is 4.90 Å². The van der Waals surface area contributed by atoms with Crippen molar-refractivity contribution in [2.45, 2.75) is 25.8 Å². The van der Waals surface area contributed by atoms with E-state index in [0.29, 0.717) is 6.54 Å². The van der Waals surface area contributed by atoms with Crippen LogP contribution in [0.3, 0.4) is 0 Å². The van der Waals surface area contributed by atoms with Gasteiger partial charge in [-0.15, -0.1) is 0 Å². The van der Waals surface area contributed by atoms with E-state index in [1.165, 1.54) is 12.2 Å². The van der Waals surface area contributed by atoms with Crippen molar-refractivity contribution in [3.63, 3.8) is 0 Å². The van der Waals surface area contributed by atoms with Crippen molar-refractivity contribution >= 4 is 11.8 Å². The minimum Gasteiger partial charge on any atom is -0.464 e. The third kappa shape index (κ3) is 4.37. The van der Waals surface area contributed by atoms with E-state index in [1.807, 2.05) is 17.8 Å². The van der Waals surface area contributed by atoms with Crippen molar-refractivity contribution in [2.75, 3.05) is 32.1 Å². The molecule has 0 aromatic carbocycles. The van der Waals surface area contributed by atoms with Gasteiger partial charge in [-0.05, 0) is 44.2 Å². The smallest absolute Gasteiger partial charge is 0.122 e. The molecule has 0 aliphatic heterocycles. The first kappa shape index (κ1) is 14.6. The van der Waals surface area contributed by atoms with E-state index in [2.05, 4.69) is 31.2 Å². The second-order valence-electron chi connectivity index (χ2n) is 4.24. The third-order valence-corrected chi connectivity index (χ3v) is 3.67. The largest absolute Gasteiger partial charge is 0.464 e. The SMILES string of the molecule is CCc1ccc(C(CN)N(C)CCCSC)o1. The predicted molar refractivity (Wildman–Crippen MR) is 75.5 cm³/mol. The van der Waals surface area contributed by atoms with Crippen molar-refractivity contribution in [1.82, 2.24) is 4.90 Å². The minimum atomic E-state index is 0.206. The Kier molecular flexibility index (Phi) is 6.70. The molecule has 1 heterocycles. The molecule has 0 aliphatic carbocycles. The van der Waals surface area contributed by atoms with E-state index in [9.17, 15) is 0 Å². The Morgan fingerprint density at radius 3 is 2.76 bits per heavy atom. The minimum absolute atomic E-state index is 0.206. The lowest BCUT2D eigenvalue weighted by Crippen LogP contribution is -2.31. The van der Waals surface area contributed by atoms with Gasteiger partial charge in [-0.1, -0.05) is 6.92 Å². The number of nitrogens with two attached hydrogens (primary N) is 1. The molecule has 1 rings (SSSR count). The number of aryl methyl sites for hydroxylation is 1. The normalized spacial score (nSPS) is 13.2. The molecule has 1 unspecified atom stereocenters. The first-order chi connectivity index (χ1) is 8.22.